The van der Waals surface area contributed by atoms with Gasteiger partial charge in [0.05, 0.1) is 4.92 Å². The predicted octanol–water partition coefficient (Wildman–Crippen LogP) is 3.25. The Morgan fingerprint density at radius 2 is 1.88 bits per heavy atom. The van der Waals surface area contributed by atoms with Crippen molar-refractivity contribution < 1.29 is 9.31 Å². The van der Waals surface area contributed by atoms with E-state index in [4.69, 9.17) is 12.2 Å². The van der Waals surface area contributed by atoms with Gasteiger partial charge in [0, 0.05) is 50.5 Å². The minimum Gasteiger partial charge on any atom is -0.346 e. The number of rotatable bonds is 4. The van der Waals surface area contributed by atoms with E-state index in [9.17, 15) is 14.5 Å². The van der Waals surface area contributed by atoms with E-state index in [1.165, 1.54) is 18.2 Å². The number of benzene rings is 2. The summed E-state index contributed by atoms with van der Waals surface area (Å²) in [5.41, 5.74) is 1.58. The number of nitro benzene ring substituents is 1. The fourth-order valence-electron chi connectivity index (χ4n) is 2.90. The van der Waals surface area contributed by atoms with Crippen molar-refractivity contribution in [3.63, 3.8) is 0 Å². The zero-order valence-electron chi connectivity index (χ0n) is 14.1. The Labute approximate surface area is 156 Å². The molecule has 0 bridgehead atoms. The molecule has 1 fully saturated rings. The lowest BCUT2D eigenvalue weighted by Crippen LogP contribution is -2.49. The summed E-state index contributed by atoms with van der Waals surface area (Å²) in [7, 11) is 0. The molecule has 1 N–H and O–H groups in total. The van der Waals surface area contributed by atoms with Crippen molar-refractivity contribution in [2.75, 3.05) is 31.5 Å². The maximum atomic E-state index is 13.3. The van der Waals surface area contributed by atoms with Crippen molar-refractivity contribution in [2.45, 2.75) is 6.54 Å². The molecule has 8 heteroatoms. The van der Waals surface area contributed by atoms with Crippen LogP contribution in [0.1, 0.15) is 5.56 Å². The molecule has 1 saturated heterocycles. The van der Waals surface area contributed by atoms with Gasteiger partial charge in [-0.25, -0.2) is 4.39 Å². The Kier molecular flexibility index (Phi) is 5.75. The minimum absolute atomic E-state index is 0.0257. The third-order valence-electron chi connectivity index (χ3n) is 4.26. The summed E-state index contributed by atoms with van der Waals surface area (Å²) in [5, 5.41) is 14.5. The van der Waals surface area contributed by atoms with Crippen LogP contribution < -0.4 is 5.32 Å². The highest BCUT2D eigenvalue weighted by Gasteiger charge is 2.19. The second-order valence-corrected chi connectivity index (χ2v) is 6.52. The van der Waals surface area contributed by atoms with Gasteiger partial charge in [0.15, 0.2) is 5.11 Å². The van der Waals surface area contributed by atoms with Gasteiger partial charge in [-0.05, 0) is 36.0 Å². The standard InChI is InChI=1S/C18H19FN4O2S/c19-15-4-1-3-14(11-15)13-21-7-9-22(10-8-21)18(26)20-16-5-2-6-17(12-16)23(24)25/h1-6,11-12H,7-10,13H2,(H,20,26). The molecule has 0 unspecified atom stereocenters. The number of nitro groups is 1. The quantitative estimate of drug-likeness (QED) is 0.504. The number of halogens is 1. The fraction of sp³-hybridized carbons (Fsp3) is 0.278. The average molecular weight is 374 g/mol. The molecule has 0 radical (unpaired) electrons. The number of nitrogens with zero attached hydrogens (tertiary/aromatic N) is 3. The largest absolute Gasteiger partial charge is 0.346 e. The zero-order valence-corrected chi connectivity index (χ0v) is 14.9. The number of thiocarbonyl (C=S) groups is 1. The van der Waals surface area contributed by atoms with Crippen molar-refractivity contribution in [1.82, 2.24) is 9.80 Å². The Bertz CT molecular complexity index is 809. The van der Waals surface area contributed by atoms with Crippen molar-refractivity contribution in [2.24, 2.45) is 0 Å². The van der Waals surface area contributed by atoms with Crippen LogP contribution >= 0.6 is 12.2 Å². The van der Waals surface area contributed by atoms with Crippen molar-refractivity contribution >= 4 is 28.7 Å². The van der Waals surface area contributed by atoms with Gasteiger partial charge in [-0.1, -0.05) is 18.2 Å². The molecule has 2 aromatic carbocycles. The normalized spacial score (nSPS) is 14.9. The summed E-state index contributed by atoms with van der Waals surface area (Å²) in [6.45, 7) is 3.82. The lowest BCUT2D eigenvalue weighted by molar-refractivity contribution is -0.384. The summed E-state index contributed by atoms with van der Waals surface area (Å²) in [6.07, 6.45) is 0. The van der Waals surface area contributed by atoms with Crippen LogP contribution in [0.4, 0.5) is 15.8 Å². The Morgan fingerprint density at radius 3 is 2.58 bits per heavy atom. The van der Waals surface area contributed by atoms with E-state index in [1.807, 2.05) is 11.0 Å². The van der Waals surface area contributed by atoms with Gasteiger partial charge in [-0.3, -0.25) is 15.0 Å². The fourth-order valence-corrected chi connectivity index (χ4v) is 3.20. The maximum Gasteiger partial charge on any atom is 0.271 e. The van der Waals surface area contributed by atoms with Crippen LogP contribution in [0.5, 0.6) is 0 Å². The highest BCUT2D eigenvalue weighted by Crippen LogP contribution is 2.18. The van der Waals surface area contributed by atoms with Gasteiger partial charge in [0.1, 0.15) is 5.82 Å². The number of anilines is 1. The second kappa shape index (κ2) is 8.20. The van der Waals surface area contributed by atoms with Crippen molar-refractivity contribution in [1.29, 1.82) is 0 Å². The molecule has 0 aliphatic carbocycles. The summed E-state index contributed by atoms with van der Waals surface area (Å²) in [6, 6.07) is 12.9. The molecular weight excluding hydrogens is 355 g/mol. The van der Waals surface area contributed by atoms with E-state index >= 15 is 0 Å². The monoisotopic (exact) mass is 374 g/mol. The van der Waals surface area contributed by atoms with Crippen molar-refractivity contribution in [3.05, 3.63) is 70.0 Å². The van der Waals surface area contributed by atoms with E-state index < -0.39 is 4.92 Å². The smallest absolute Gasteiger partial charge is 0.271 e. The SMILES string of the molecule is O=[N+]([O-])c1cccc(NC(=S)N2CCN(Cc3cccc(F)c3)CC2)c1. The third kappa shape index (κ3) is 4.74. The molecule has 136 valence electrons. The predicted molar refractivity (Wildman–Crippen MR) is 103 cm³/mol. The van der Waals surface area contributed by atoms with Crippen molar-refractivity contribution in [3.8, 4) is 0 Å². The average Bonchev–Trinajstić information content (AvgIpc) is 2.62. The first-order valence-electron chi connectivity index (χ1n) is 8.28. The molecule has 0 aromatic heterocycles. The van der Waals surface area contributed by atoms with Crippen LogP contribution in [-0.4, -0.2) is 46.0 Å². The molecule has 1 aliphatic heterocycles. The van der Waals surface area contributed by atoms with E-state index in [0.29, 0.717) is 17.3 Å². The number of piperazine rings is 1. The van der Waals surface area contributed by atoms with E-state index in [0.717, 1.165) is 31.7 Å². The van der Waals surface area contributed by atoms with E-state index in [2.05, 4.69) is 10.2 Å². The zero-order chi connectivity index (χ0) is 18.5. The molecule has 0 spiro atoms. The molecular formula is C18H19FN4O2S. The third-order valence-corrected chi connectivity index (χ3v) is 4.62. The number of hydrogen-bond donors (Lipinski definition) is 1. The molecule has 26 heavy (non-hydrogen) atoms. The van der Waals surface area contributed by atoms with Crippen LogP contribution in [0.2, 0.25) is 0 Å². The first kappa shape index (κ1) is 18.2. The summed E-state index contributed by atoms with van der Waals surface area (Å²) < 4.78 is 13.3. The van der Waals surface area contributed by atoms with Crippen LogP contribution in [0.3, 0.4) is 0 Å². The van der Waals surface area contributed by atoms with Gasteiger partial charge in [-0.15, -0.1) is 0 Å². The van der Waals surface area contributed by atoms with Gasteiger partial charge < -0.3 is 10.2 Å². The first-order valence-corrected chi connectivity index (χ1v) is 8.69. The maximum absolute atomic E-state index is 13.3. The van der Waals surface area contributed by atoms with Crippen LogP contribution in [-0.2, 0) is 6.54 Å². The lowest BCUT2D eigenvalue weighted by Gasteiger charge is -2.36. The molecule has 6 nitrogen and oxygen atoms in total. The van der Waals surface area contributed by atoms with Crippen LogP contribution in [0, 0.1) is 15.9 Å². The molecule has 2 aromatic rings. The number of nitrogens with one attached hydrogen (secondary N) is 1. The molecule has 1 aliphatic rings. The second-order valence-electron chi connectivity index (χ2n) is 6.13. The van der Waals surface area contributed by atoms with Gasteiger partial charge in [0.2, 0.25) is 0 Å². The Hall–Kier alpha value is -2.58. The summed E-state index contributed by atoms with van der Waals surface area (Å²) >= 11 is 5.43. The molecule has 0 atom stereocenters. The molecule has 3 rings (SSSR count). The summed E-state index contributed by atoms with van der Waals surface area (Å²) in [5.74, 6) is -0.219. The van der Waals surface area contributed by atoms with Gasteiger partial charge in [0.25, 0.3) is 5.69 Å². The van der Waals surface area contributed by atoms with Crippen LogP contribution in [0.25, 0.3) is 0 Å². The minimum atomic E-state index is -0.431. The topological polar surface area (TPSA) is 61.7 Å². The molecule has 0 amide bonds. The van der Waals surface area contributed by atoms with Gasteiger partial charge >= 0.3 is 0 Å². The van der Waals surface area contributed by atoms with E-state index in [1.54, 1.807) is 24.3 Å². The van der Waals surface area contributed by atoms with E-state index in [-0.39, 0.29) is 11.5 Å². The summed E-state index contributed by atoms with van der Waals surface area (Å²) in [4.78, 5) is 14.7. The van der Waals surface area contributed by atoms with Gasteiger partial charge in [-0.2, -0.15) is 0 Å². The first-order chi connectivity index (χ1) is 12.5. The highest BCUT2D eigenvalue weighted by atomic mass is 32.1. The lowest BCUT2D eigenvalue weighted by atomic mass is 10.2. The Morgan fingerprint density at radius 1 is 1.15 bits per heavy atom. The highest BCUT2D eigenvalue weighted by molar-refractivity contribution is 7.80. The number of hydrogen-bond acceptors (Lipinski definition) is 4. The molecule has 0 saturated carbocycles. The molecule has 1 heterocycles. The van der Waals surface area contributed by atoms with Crippen LogP contribution in [0.15, 0.2) is 48.5 Å². The number of non-ortho nitro benzene ring substituents is 1. The Balaban J connectivity index is 1.52.